The van der Waals surface area contributed by atoms with Gasteiger partial charge in [-0.25, -0.2) is 0 Å². The molecule has 3 N–H and O–H groups in total. The first-order chi connectivity index (χ1) is 8.22. The first-order valence-corrected chi connectivity index (χ1v) is 5.86. The lowest BCUT2D eigenvalue weighted by Gasteiger charge is -2.12. The normalized spacial score (nSPS) is 12.4. The van der Waals surface area contributed by atoms with Crippen LogP contribution >= 0.6 is 0 Å². The van der Waals surface area contributed by atoms with Crippen LogP contribution in [0.25, 0.3) is 11.1 Å². The highest BCUT2D eigenvalue weighted by molar-refractivity contribution is 5.70. The van der Waals surface area contributed by atoms with E-state index in [1.165, 1.54) is 0 Å². The van der Waals surface area contributed by atoms with Crippen LogP contribution in [0.15, 0.2) is 48.5 Å². The highest BCUT2D eigenvalue weighted by atomic mass is 16.3. The van der Waals surface area contributed by atoms with Crippen molar-refractivity contribution in [2.24, 2.45) is 5.73 Å². The number of rotatable bonds is 3. The summed E-state index contributed by atoms with van der Waals surface area (Å²) < 4.78 is 0. The lowest BCUT2D eigenvalue weighted by molar-refractivity contribution is 0.477. The van der Waals surface area contributed by atoms with E-state index in [9.17, 15) is 5.11 Å². The predicted octanol–water partition coefficient (Wildman–Crippen LogP) is 3.47. The zero-order chi connectivity index (χ0) is 12.3. The molecule has 0 bridgehead atoms. The van der Waals surface area contributed by atoms with Crippen molar-refractivity contribution in [3.63, 3.8) is 0 Å². The molecule has 1 atom stereocenters. The van der Waals surface area contributed by atoms with Crippen molar-refractivity contribution in [3.05, 3.63) is 54.1 Å². The fraction of sp³-hybridized carbons (Fsp3) is 0.200. The van der Waals surface area contributed by atoms with Crippen LogP contribution in [0.1, 0.15) is 24.9 Å². The van der Waals surface area contributed by atoms with Crippen LogP contribution in [0.2, 0.25) is 0 Å². The molecular weight excluding hydrogens is 210 g/mol. The SMILES string of the molecule is CCC(N)c1ccc(O)c(-c2ccccc2)c1. The number of aromatic hydroxyl groups is 1. The molecule has 0 aliphatic carbocycles. The molecule has 0 aliphatic rings. The van der Waals surface area contributed by atoms with Crippen LogP contribution in [0.3, 0.4) is 0 Å². The Morgan fingerprint density at radius 2 is 1.82 bits per heavy atom. The molecule has 88 valence electrons. The molecule has 2 heteroatoms. The third-order valence-electron chi connectivity index (χ3n) is 2.97. The van der Waals surface area contributed by atoms with Gasteiger partial charge in [-0.2, -0.15) is 0 Å². The van der Waals surface area contributed by atoms with Gasteiger partial charge in [0.2, 0.25) is 0 Å². The quantitative estimate of drug-likeness (QED) is 0.843. The van der Waals surface area contributed by atoms with Crippen LogP contribution < -0.4 is 5.73 Å². The Hall–Kier alpha value is -1.80. The summed E-state index contributed by atoms with van der Waals surface area (Å²) in [6, 6.07) is 15.4. The Morgan fingerprint density at radius 1 is 1.12 bits per heavy atom. The second-order valence-electron chi connectivity index (χ2n) is 4.16. The second kappa shape index (κ2) is 5.02. The topological polar surface area (TPSA) is 46.2 Å². The van der Waals surface area contributed by atoms with Crippen molar-refractivity contribution >= 4 is 0 Å². The summed E-state index contributed by atoms with van der Waals surface area (Å²) in [6.07, 6.45) is 0.888. The molecule has 2 nitrogen and oxygen atoms in total. The second-order valence-corrected chi connectivity index (χ2v) is 4.16. The van der Waals surface area contributed by atoms with Crippen LogP contribution in [0.5, 0.6) is 5.75 Å². The van der Waals surface area contributed by atoms with Gasteiger partial charge in [0.1, 0.15) is 5.75 Å². The van der Waals surface area contributed by atoms with E-state index in [4.69, 9.17) is 5.73 Å². The first kappa shape index (κ1) is 11.7. The summed E-state index contributed by atoms with van der Waals surface area (Å²) in [7, 11) is 0. The lowest BCUT2D eigenvalue weighted by atomic mass is 9.98. The van der Waals surface area contributed by atoms with Gasteiger partial charge in [-0.1, -0.05) is 43.3 Å². The zero-order valence-electron chi connectivity index (χ0n) is 9.93. The molecule has 0 heterocycles. The van der Waals surface area contributed by atoms with Gasteiger partial charge in [0.15, 0.2) is 0 Å². The minimum Gasteiger partial charge on any atom is -0.507 e. The van der Waals surface area contributed by atoms with E-state index in [1.54, 1.807) is 6.07 Å². The molecule has 17 heavy (non-hydrogen) atoms. The Balaban J connectivity index is 2.47. The van der Waals surface area contributed by atoms with Gasteiger partial charge in [-0.15, -0.1) is 0 Å². The molecule has 0 saturated carbocycles. The maximum atomic E-state index is 9.90. The lowest BCUT2D eigenvalue weighted by Crippen LogP contribution is -2.08. The van der Waals surface area contributed by atoms with E-state index >= 15 is 0 Å². The van der Waals surface area contributed by atoms with Crippen LogP contribution in [-0.4, -0.2) is 5.11 Å². The Labute approximate surface area is 102 Å². The Bertz CT molecular complexity index is 494. The number of benzene rings is 2. The van der Waals surface area contributed by atoms with Crippen molar-refractivity contribution in [2.45, 2.75) is 19.4 Å². The zero-order valence-corrected chi connectivity index (χ0v) is 9.93. The number of phenols is 1. The molecule has 0 spiro atoms. The van der Waals surface area contributed by atoms with Crippen LogP contribution in [-0.2, 0) is 0 Å². The number of hydrogen-bond acceptors (Lipinski definition) is 2. The number of nitrogens with two attached hydrogens (primary N) is 1. The smallest absolute Gasteiger partial charge is 0.123 e. The Kier molecular flexibility index (Phi) is 3.45. The average Bonchev–Trinajstić information content (AvgIpc) is 2.39. The fourth-order valence-electron chi connectivity index (χ4n) is 1.87. The maximum absolute atomic E-state index is 9.90. The van der Waals surface area contributed by atoms with Crippen molar-refractivity contribution < 1.29 is 5.11 Å². The third kappa shape index (κ3) is 2.48. The average molecular weight is 227 g/mol. The van der Waals surface area contributed by atoms with Crippen molar-refractivity contribution in [1.82, 2.24) is 0 Å². The van der Waals surface area contributed by atoms with E-state index in [-0.39, 0.29) is 6.04 Å². The van der Waals surface area contributed by atoms with Gasteiger partial charge < -0.3 is 10.8 Å². The molecule has 0 radical (unpaired) electrons. The summed E-state index contributed by atoms with van der Waals surface area (Å²) in [4.78, 5) is 0. The monoisotopic (exact) mass is 227 g/mol. The van der Waals surface area contributed by atoms with E-state index in [0.29, 0.717) is 5.75 Å². The molecule has 2 aromatic carbocycles. The van der Waals surface area contributed by atoms with Gasteiger partial charge in [-0.3, -0.25) is 0 Å². The van der Waals surface area contributed by atoms with Crippen LogP contribution in [0, 0.1) is 0 Å². The molecule has 2 rings (SSSR count). The minimum atomic E-state index is 0.0260. The van der Waals surface area contributed by atoms with Gasteiger partial charge in [-0.05, 0) is 29.7 Å². The summed E-state index contributed by atoms with van der Waals surface area (Å²) in [5.41, 5.74) is 8.92. The van der Waals surface area contributed by atoms with Crippen molar-refractivity contribution in [3.8, 4) is 16.9 Å². The van der Waals surface area contributed by atoms with Gasteiger partial charge >= 0.3 is 0 Å². The summed E-state index contributed by atoms with van der Waals surface area (Å²) in [5.74, 6) is 0.295. The van der Waals surface area contributed by atoms with E-state index < -0.39 is 0 Å². The van der Waals surface area contributed by atoms with Crippen molar-refractivity contribution in [2.75, 3.05) is 0 Å². The predicted molar refractivity (Wildman–Crippen MR) is 70.8 cm³/mol. The highest BCUT2D eigenvalue weighted by Crippen LogP contribution is 2.31. The maximum Gasteiger partial charge on any atom is 0.123 e. The van der Waals surface area contributed by atoms with Gasteiger partial charge in [0, 0.05) is 11.6 Å². The van der Waals surface area contributed by atoms with Gasteiger partial charge in [0.25, 0.3) is 0 Å². The molecule has 2 aromatic rings. The van der Waals surface area contributed by atoms with Crippen LogP contribution in [0.4, 0.5) is 0 Å². The summed E-state index contributed by atoms with van der Waals surface area (Å²) >= 11 is 0. The molecule has 0 aliphatic heterocycles. The van der Waals surface area contributed by atoms with Gasteiger partial charge in [0.05, 0.1) is 0 Å². The minimum absolute atomic E-state index is 0.0260. The molecule has 0 saturated heterocycles. The fourth-order valence-corrected chi connectivity index (χ4v) is 1.87. The summed E-state index contributed by atoms with van der Waals surface area (Å²) in [6.45, 7) is 2.06. The number of hydrogen-bond donors (Lipinski definition) is 2. The van der Waals surface area contributed by atoms with E-state index in [2.05, 4.69) is 6.92 Å². The molecule has 0 fully saturated rings. The van der Waals surface area contributed by atoms with E-state index in [1.807, 2.05) is 42.5 Å². The third-order valence-corrected chi connectivity index (χ3v) is 2.97. The summed E-state index contributed by atoms with van der Waals surface area (Å²) in [5, 5.41) is 9.90. The Morgan fingerprint density at radius 3 is 2.47 bits per heavy atom. The van der Waals surface area contributed by atoms with E-state index in [0.717, 1.165) is 23.1 Å². The highest BCUT2D eigenvalue weighted by Gasteiger charge is 2.08. The first-order valence-electron chi connectivity index (χ1n) is 5.86. The molecule has 0 aromatic heterocycles. The number of phenolic OH excluding ortho intramolecular Hbond substituents is 1. The standard InChI is InChI=1S/C15H17NO/c1-2-14(16)12-8-9-15(17)13(10-12)11-6-4-3-5-7-11/h3-10,14,17H,2,16H2,1H3. The largest absolute Gasteiger partial charge is 0.507 e. The molecule has 0 amide bonds. The molecule has 1 unspecified atom stereocenters. The molecular formula is C15H17NO. The van der Waals surface area contributed by atoms with Crippen molar-refractivity contribution in [1.29, 1.82) is 0 Å².